The second-order valence-corrected chi connectivity index (χ2v) is 5.60. The maximum atomic E-state index is 14.1. The maximum Gasteiger partial charge on any atom is 0.148 e. The number of hydrogen-bond acceptors (Lipinski definition) is 2. The molecule has 5 heteroatoms. The first kappa shape index (κ1) is 13.9. The smallest absolute Gasteiger partial charge is 0.148 e. The zero-order chi connectivity index (χ0) is 15.1. The molecule has 0 fully saturated rings. The Morgan fingerprint density at radius 3 is 2.67 bits per heavy atom. The van der Waals surface area contributed by atoms with Crippen LogP contribution in [0.25, 0.3) is 22.4 Å². The second kappa shape index (κ2) is 5.04. The molecule has 0 unspecified atom stereocenters. The molecule has 1 aromatic heterocycles. The van der Waals surface area contributed by atoms with Crippen LogP contribution in [-0.2, 0) is 0 Å². The van der Waals surface area contributed by atoms with Crippen LogP contribution in [0, 0.1) is 5.82 Å². The minimum absolute atomic E-state index is 0.0440. The number of benzene rings is 2. The maximum absolute atomic E-state index is 14.1. The Morgan fingerprint density at radius 1 is 1.24 bits per heavy atom. The van der Waals surface area contributed by atoms with Gasteiger partial charge in [-0.05, 0) is 44.2 Å². The zero-order valence-corrected chi connectivity index (χ0v) is 12.4. The number of hydrogen-bond donors (Lipinski definition) is 1. The number of phenols is 1. The van der Waals surface area contributed by atoms with Crippen LogP contribution in [0.3, 0.4) is 0 Å². The molecule has 1 heterocycles. The number of fused-ring (bicyclic) bond motifs is 1. The van der Waals surface area contributed by atoms with E-state index in [1.54, 1.807) is 18.2 Å². The van der Waals surface area contributed by atoms with Crippen LogP contribution in [-0.4, -0.2) is 14.7 Å². The number of nitrogens with zero attached hydrogens (tertiary/aromatic N) is 2. The largest absolute Gasteiger partial charge is 0.507 e. The molecule has 0 atom stereocenters. The molecular formula is C16H14ClFN2O. The van der Waals surface area contributed by atoms with Crippen molar-refractivity contribution < 1.29 is 9.50 Å². The standard InChI is InChI=1S/C16H14ClFN2O/c1-9(2)20-13-8-10(17)6-7-12(13)19-16(20)15-11(18)4-3-5-14(15)21/h3-9,21H,1-2H3. The van der Waals surface area contributed by atoms with E-state index in [0.29, 0.717) is 16.4 Å². The van der Waals surface area contributed by atoms with E-state index >= 15 is 0 Å². The van der Waals surface area contributed by atoms with Crippen molar-refractivity contribution in [3.63, 3.8) is 0 Å². The molecule has 0 saturated heterocycles. The first-order valence-electron chi connectivity index (χ1n) is 6.64. The lowest BCUT2D eigenvalue weighted by atomic mass is 10.1. The average Bonchev–Trinajstić information content (AvgIpc) is 2.76. The lowest BCUT2D eigenvalue weighted by Gasteiger charge is -2.14. The summed E-state index contributed by atoms with van der Waals surface area (Å²) in [5.74, 6) is -0.227. The Morgan fingerprint density at radius 2 is 2.00 bits per heavy atom. The predicted octanol–water partition coefficient (Wildman–Crippen LogP) is 4.78. The Bertz CT molecular complexity index is 806. The van der Waals surface area contributed by atoms with E-state index in [-0.39, 0.29) is 17.4 Å². The van der Waals surface area contributed by atoms with Crippen LogP contribution < -0.4 is 0 Å². The van der Waals surface area contributed by atoms with Crippen LogP contribution >= 0.6 is 11.6 Å². The predicted molar refractivity (Wildman–Crippen MR) is 82.2 cm³/mol. The first-order valence-corrected chi connectivity index (χ1v) is 7.02. The van der Waals surface area contributed by atoms with Gasteiger partial charge in [0, 0.05) is 11.1 Å². The van der Waals surface area contributed by atoms with Crippen molar-refractivity contribution in [3.8, 4) is 17.1 Å². The summed E-state index contributed by atoms with van der Waals surface area (Å²) in [5, 5.41) is 10.6. The van der Waals surface area contributed by atoms with Crippen molar-refractivity contribution in [3.05, 3.63) is 47.2 Å². The molecule has 0 spiro atoms. The molecule has 0 radical (unpaired) electrons. The zero-order valence-electron chi connectivity index (χ0n) is 11.6. The van der Waals surface area contributed by atoms with Crippen molar-refractivity contribution in [1.29, 1.82) is 0 Å². The van der Waals surface area contributed by atoms with E-state index in [1.807, 2.05) is 18.4 Å². The summed E-state index contributed by atoms with van der Waals surface area (Å²) in [5.41, 5.74) is 1.64. The highest BCUT2D eigenvalue weighted by Crippen LogP contribution is 2.35. The molecule has 0 aliphatic heterocycles. The number of halogens is 2. The number of phenolic OH excluding ortho intramolecular Hbond substituents is 1. The van der Waals surface area contributed by atoms with E-state index in [0.717, 1.165) is 5.52 Å². The van der Waals surface area contributed by atoms with Crippen LogP contribution in [0.4, 0.5) is 4.39 Å². The quantitative estimate of drug-likeness (QED) is 0.739. The fourth-order valence-electron chi connectivity index (χ4n) is 2.50. The molecule has 0 aliphatic carbocycles. The molecule has 0 aliphatic rings. The molecule has 0 amide bonds. The van der Waals surface area contributed by atoms with E-state index in [4.69, 9.17) is 11.6 Å². The normalized spacial score (nSPS) is 11.5. The second-order valence-electron chi connectivity index (χ2n) is 5.17. The van der Waals surface area contributed by atoms with Gasteiger partial charge in [0.05, 0.1) is 16.6 Å². The summed E-state index contributed by atoms with van der Waals surface area (Å²) < 4.78 is 16.0. The van der Waals surface area contributed by atoms with Crippen LogP contribution in [0.15, 0.2) is 36.4 Å². The molecular weight excluding hydrogens is 291 g/mol. The number of aromatic hydroxyl groups is 1. The van der Waals surface area contributed by atoms with E-state index in [1.165, 1.54) is 18.2 Å². The number of imidazole rings is 1. The Balaban J connectivity index is 2.40. The highest BCUT2D eigenvalue weighted by atomic mass is 35.5. The van der Waals surface area contributed by atoms with Gasteiger partial charge in [-0.25, -0.2) is 9.37 Å². The van der Waals surface area contributed by atoms with E-state index in [2.05, 4.69) is 4.98 Å². The molecule has 3 nitrogen and oxygen atoms in total. The van der Waals surface area contributed by atoms with Gasteiger partial charge in [0.1, 0.15) is 17.4 Å². The van der Waals surface area contributed by atoms with Crippen LogP contribution in [0.5, 0.6) is 5.75 Å². The Labute approximate surface area is 126 Å². The molecule has 2 aromatic carbocycles. The van der Waals surface area contributed by atoms with Gasteiger partial charge >= 0.3 is 0 Å². The van der Waals surface area contributed by atoms with Crippen molar-refractivity contribution in [1.82, 2.24) is 9.55 Å². The fourth-order valence-corrected chi connectivity index (χ4v) is 2.67. The van der Waals surface area contributed by atoms with Gasteiger partial charge in [0.25, 0.3) is 0 Å². The summed E-state index contributed by atoms with van der Waals surface area (Å²) in [6, 6.07) is 9.60. The minimum Gasteiger partial charge on any atom is -0.507 e. The summed E-state index contributed by atoms with van der Waals surface area (Å²) >= 11 is 6.05. The summed E-state index contributed by atoms with van der Waals surface area (Å²) in [7, 11) is 0. The molecule has 3 aromatic rings. The monoisotopic (exact) mass is 304 g/mol. The molecule has 0 bridgehead atoms. The fraction of sp³-hybridized carbons (Fsp3) is 0.188. The van der Waals surface area contributed by atoms with Crippen LogP contribution in [0.1, 0.15) is 19.9 Å². The van der Waals surface area contributed by atoms with Gasteiger partial charge in [-0.1, -0.05) is 17.7 Å². The van der Waals surface area contributed by atoms with Crippen molar-refractivity contribution in [2.45, 2.75) is 19.9 Å². The van der Waals surface area contributed by atoms with Gasteiger partial charge in [0.2, 0.25) is 0 Å². The van der Waals surface area contributed by atoms with Gasteiger partial charge in [-0.15, -0.1) is 0 Å². The molecule has 3 rings (SSSR count). The third-order valence-corrected chi connectivity index (χ3v) is 3.62. The SMILES string of the molecule is CC(C)n1c(-c2c(O)cccc2F)nc2ccc(Cl)cc21. The minimum atomic E-state index is -0.502. The van der Waals surface area contributed by atoms with Gasteiger partial charge in [-0.2, -0.15) is 0 Å². The van der Waals surface area contributed by atoms with Gasteiger partial charge in [-0.3, -0.25) is 0 Å². The first-order chi connectivity index (χ1) is 9.99. The summed E-state index contributed by atoms with van der Waals surface area (Å²) in [6.45, 7) is 3.95. The highest BCUT2D eigenvalue weighted by Gasteiger charge is 2.20. The van der Waals surface area contributed by atoms with Gasteiger partial charge < -0.3 is 9.67 Å². The summed E-state index contributed by atoms with van der Waals surface area (Å²) in [6.07, 6.45) is 0. The molecule has 1 N–H and O–H groups in total. The summed E-state index contributed by atoms with van der Waals surface area (Å²) in [4.78, 5) is 4.47. The average molecular weight is 305 g/mol. The highest BCUT2D eigenvalue weighted by molar-refractivity contribution is 6.31. The third kappa shape index (κ3) is 2.25. The van der Waals surface area contributed by atoms with Crippen molar-refractivity contribution >= 4 is 22.6 Å². The number of rotatable bonds is 2. The Kier molecular flexibility index (Phi) is 3.33. The topological polar surface area (TPSA) is 38.0 Å². The van der Waals surface area contributed by atoms with Crippen LogP contribution in [0.2, 0.25) is 5.02 Å². The molecule has 21 heavy (non-hydrogen) atoms. The Hall–Kier alpha value is -2.07. The number of aromatic nitrogens is 2. The molecule has 108 valence electrons. The van der Waals surface area contributed by atoms with Crippen molar-refractivity contribution in [2.75, 3.05) is 0 Å². The molecule has 0 saturated carbocycles. The van der Waals surface area contributed by atoms with E-state index < -0.39 is 5.82 Å². The third-order valence-electron chi connectivity index (χ3n) is 3.38. The van der Waals surface area contributed by atoms with Crippen molar-refractivity contribution in [2.24, 2.45) is 0 Å². The lowest BCUT2D eigenvalue weighted by Crippen LogP contribution is -2.04. The van der Waals surface area contributed by atoms with Gasteiger partial charge in [0.15, 0.2) is 0 Å². The lowest BCUT2D eigenvalue weighted by molar-refractivity contribution is 0.470. The van der Waals surface area contributed by atoms with E-state index in [9.17, 15) is 9.50 Å².